The summed E-state index contributed by atoms with van der Waals surface area (Å²) in [6, 6.07) is 3.53. The Morgan fingerprint density at radius 3 is 2.55 bits per heavy atom. The number of piperidine rings is 1. The van der Waals surface area contributed by atoms with E-state index in [1.54, 1.807) is 6.20 Å². The molecule has 20 heavy (non-hydrogen) atoms. The van der Waals surface area contributed by atoms with Gasteiger partial charge < -0.3 is 10.6 Å². The molecule has 2 aliphatic rings. The van der Waals surface area contributed by atoms with Crippen molar-refractivity contribution in [1.82, 2.24) is 15.3 Å². The van der Waals surface area contributed by atoms with Gasteiger partial charge in [0.1, 0.15) is 5.82 Å². The summed E-state index contributed by atoms with van der Waals surface area (Å²) in [7, 11) is 2.26. The molecule has 3 rings (SSSR count). The molecule has 0 amide bonds. The summed E-state index contributed by atoms with van der Waals surface area (Å²) in [6.07, 6.45) is 6.78. The highest BCUT2D eigenvalue weighted by Gasteiger charge is 2.41. The van der Waals surface area contributed by atoms with Crippen LogP contribution in [0.1, 0.15) is 42.9 Å². The van der Waals surface area contributed by atoms with Crippen LogP contribution in [0.15, 0.2) is 12.3 Å². The molecule has 2 aliphatic heterocycles. The summed E-state index contributed by atoms with van der Waals surface area (Å²) in [4.78, 5) is 6.79. The van der Waals surface area contributed by atoms with Crippen molar-refractivity contribution in [3.63, 3.8) is 0 Å². The summed E-state index contributed by atoms with van der Waals surface area (Å²) in [5.41, 5.74) is 11.4. The number of hydrazine groups is 1. The predicted molar refractivity (Wildman–Crippen MR) is 80.7 cm³/mol. The first kappa shape index (κ1) is 13.8. The van der Waals surface area contributed by atoms with Gasteiger partial charge in [0, 0.05) is 23.8 Å². The number of aromatic nitrogens is 1. The largest absolute Gasteiger partial charge is 0.383 e. The molecule has 0 radical (unpaired) electrons. The lowest BCUT2D eigenvalue weighted by molar-refractivity contribution is 0.112. The first-order valence-corrected chi connectivity index (χ1v) is 7.50. The van der Waals surface area contributed by atoms with E-state index in [1.807, 2.05) is 6.07 Å². The second-order valence-corrected chi connectivity index (χ2v) is 6.35. The fourth-order valence-corrected chi connectivity index (χ4v) is 4.18. The fourth-order valence-electron chi connectivity index (χ4n) is 4.18. The Labute approximate surface area is 120 Å². The number of nitrogen functional groups attached to an aromatic ring is 1. The SMILES string of the molecule is Cc1ccnc(N)c1C(NN)C1CC2CCC(C1)N2C. The van der Waals surface area contributed by atoms with Gasteiger partial charge in [-0.3, -0.25) is 11.3 Å². The van der Waals surface area contributed by atoms with Crippen LogP contribution in [0.5, 0.6) is 0 Å². The number of hydrogen-bond donors (Lipinski definition) is 3. The van der Waals surface area contributed by atoms with Crippen molar-refractivity contribution in [2.24, 2.45) is 11.8 Å². The Morgan fingerprint density at radius 1 is 1.35 bits per heavy atom. The van der Waals surface area contributed by atoms with Crippen molar-refractivity contribution >= 4 is 5.82 Å². The number of rotatable bonds is 3. The van der Waals surface area contributed by atoms with Gasteiger partial charge in [-0.25, -0.2) is 4.98 Å². The molecule has 2 saturated heterocycles. The number of pyridine rings is 1. The first-order valence-electron chi connectivity index (χ1n) is 7.50. The minimum absolute atomic E-state index is 0.112. The smallest absolute Gasteiger partial charge is 0.128 e. The molecule has 1 aromatic heterocycles. The first-order chi connectivity index (χ1) is 9.61. The molecule has 3 atom stereocenters. The van der Waals surface area contributed by atoms with Gasteiger partial charge in [0.05, 0.1) is 6.04 Å². The zero-order valence-corrected chi connectivity index (χ0v) is 12.3. The van der Waals surface area contributed by atoms with Crippen molar-refractivity contribution in [3.8, 4) is 0 Å². The maximum atomic E-state index is 6.10. The molecule has 0 saturated carbocycles. The van der Waals surface area contributed by atoms with E-state index in [9.17, 15) is 0 Å². The maximum absolute atomic E-state index is 6.10. The number of nitrogens with one attached hydrogen (secondary N) is 1. The molecule has 5 nitrogen and oxygen atoms in total. The molecule has 0 aliphatic carbocycles. The number of aryl methyl sites for hydroxylation is 1. The van der Waals surface area contributed by atoms with Gasteiger partial charge in [0.2, 0.25) is 0 Å². The van der Waals surface area contributed by atoms with Crippen LogP contribution in [0, 0.1) is 12.8 Å². The monoisotopic (exact) mass is 275 g/mol. The van der Waals surface area contributed by atoms with E-state index in [4.69, 9.17) is 11.6 Å². The molecule has 1 aromatic rings. The van der Waals surface area contributed by atoms with E-state index in [0.29, 0.717) is 23.8 Å². The zero-order chi connectivity index (χ0) is 14.3. The average Bonchev–Trinajstić information content (AvgIpc) is 2.65. The van der Waals surface area contributed by atoms with Crippen LogP contribution in [0.3, 0.4) is 0 Å². The Hall–Kier alpha value is -1.17. The van der Waals surface area contributed by atoms with Crippen molar-refractivity contribution in [1.29, 1.82) is 0 Å². The Balaban J connectivity index is 1.88. The molecular formula is C15H25N5. The minimum atomic E-state index is 0.112. The average molecular weight is 275 g/mol. The van der Waals surface area contributed by atoms with Crippen molar-refractivity contribution in [2.45, 2.75) is 50.7 Å². The van der Waals surface area contributed by atoms with Gasteiger partial charge in [0.25, 0.3) is 0 Å². The second kappa shape index (κ2) is 5.31. The Morgan fingerprint density at radius 2 is 2.00 bits per heavy atom. The van der Waals surface area contributed by atoms with E-state index in [1.165, 1.54) is 31.2 Å². The molecule has 110 valence electrons. The van der Waals surface area contributed by atoms with Crippen LogP contribution in [-0.4, -0.2) is 29.0 Å². The van der Waals surface area contributed by atoms with E-state index in [-0.39, 0.29) is 6.04 Å². The quantitative estimate of drug-likeness (QED) is 0.573. The van der Waals surface area contributed by atoms with Gasteiger partial charge >= 0.3 is 0 Å². The molecule has 0 aromatic carbocycles. The summed E-state index contributed by atoms with van der Waals surface area (Å²) in [6.45, 7) is 2.08. The Bertz CT molecular complexity index is 455. The van der Waals surface area contributed by atoms with Crippen LogP contribution < -0.4 is 17.0 Å². The molecule has 3 unspecified atom stereocenters. The van der Waals surface area contributed by atoms with E-state index >= 15 is 0 Å². The van der Waals surface area contributed by atoms with E-state index in [2.05, 4.69) is 29.3 Å². The summed E-state index contributed by atoms with van der Waals surface area (Å²) < 4.78 is 0. The van der Waals surface area contributed by atoms with E-state index in [0.717, 1.165) is 5.56 Å². The lowest BCUT2D eigenvalue weighted by Crippen LogP contribution is -2.45. The lowest BCUT2D eigenvalue weighted by Gasteiger charge is -2.40. The second-order valence-electron chi connectivity index (χ2n) is 6.35. The minimum Gasteiger partial charge on any atom is -0.383 e. The van der Waals surface area contributed by atoms with Gasteiger partial charge in [-0.1, -0.05) is 0 Å². The van der Waals surface area contributed by atoms with Crippen molar-refractivity contribution < 1.29 is 0 Å². The molecule has 3 heterocycles. The third kappa shape index (κ3) is 2.20. The van der Waals surface area contributed by atoms with Gasteiger partial charge in [0.15, 0.2) is 0 Å². The van der Waals surface area contributed by atoms with Gasteiger partial charge in [-0.05, 0) is 57.2 Å². The normalized spacial score (nSPS) is 31.4. The molecular weight excluding hydrogens is 250 g/mol. The maximum Gasteiger partial charge on any atom is 0.128 e. The van der Waals surface area contributed by atoms with E-state index < -0.39 is 0 Å². The van der Waals surface area contributed by atoms with Crippen LogP contribution in [0.4, 0.5) is 5.82 Å². The topological polar surface area (TPSA) is 80.2 Å². The van der Waals surface area contributed by atoms with Crippen molar-refractivity contribution in [2.75, 3.05) is 12.8 Å². The van der Waals surface area contributed by atoms with Crippen molar-refractivity contribution in [3.05, 3.63) is 23.4 Å². The van der Waals surface area contributed by atoms with Gasteiger partial charge in [-0.2, -0.15) is 0 Å². The lowest BCUT2D eigenvalue weighted by atomic mass is 9.81. The van der Waals surface area contributed by atoms with Crippen LogP contribution in [0.25, 0.3) is 0 Å². The molecule has 0 spiro atoms. The number of hydrogen-bond acceptors (Lipinski definition) is 5. The fraction of sp³-hybridized carbons (Fsp3) is 0.667. The summed E-state index contributed by atoms with van der Waals surface area (Å²) in [5.74, 6) is 7.02. The molecule has 2 fully saturated rings. The number of nitrogens with two attached hydrogens (primary N) is 2. The molecule has 2 bridgehead atoms. The number of fused-ring (bicyclic) bond motifs is 2. The predicted octanol–water partition coefficient (Wildman–Crippen LogP) is 1.35. The molecule has 5 N–H and O–H groups in total. The van der Waals surface area contributed by atoms with Crippen LogP contribution in [0.2, 0.25) is 0 Å². The van der Waals surface area contributed by atoms with Gasteiger partial charge in [-0.15, -0.1) is 0 Å². The number of nitrogens with zero attached hydrogens (tertiary/aromatic N) is 2. The highest BCUT2D eigenvalue weighted by atomic mass is 15.2. The Kier molecular flexibility index (Phi) is 3.67. The summed E-state index contributed by atoms with van der Waals surface area (Å²) >= 11 is 0. The van der Waals surface area contributed by atoms with Crippen LogP contribution in [-0.2, 0) is 0 Å². The highest BCUT2D eigenvalue weighted by Crippen LogP contribution is 2.43. The third-order valence-electron chi connectivity index (χ3n) is 5.34. The highest BCUT2D eigenvalue weighted by molar-refractivity contribution is 5.46. The zero-order valence-electron chi connectivity index (χ0n) is 12.3. The standard InChI is InChI=1S/C15H25N5/c1-9-5-6-18-15(16)13(9)14(19-17)10-7-11-3-4-12(8-10)20(11)2/h5-6,10-12,14,19H,3-4,7-8,17H2,1-2H3,(H2,16,18). The third-order valence-corrected chi connectivity index (χ3v) is 5.34. The summed E-state index contributed by atoms with van der Waals surface area (Å²) in [5, 5.41) is 0. The number of anilines is 1. The molecule has 5 heteroatoms. The van der Waals surface area contributed by atoms with Crippen LogP contribution >= 0.6 is 0 Å².